The summed E-state index contributed by atoms with van der Waals surface area (Å²) in [6.07, 6.45) is -3.22. The maximum absolute atomic E-state index is 12.9. The Morgan fingerprint density at radius 1 is 1.19 bits per heavy atom. The fraction of sp³-hybridized carbons (Fsp3) is 0.231. The molecule has 0 amide bonds. The molecule has 2 heterocycles. The number of halogens is 4. The number of hydrogen-bond acceptors (Lipinski definition) is 4. The summed E-state index contributed by atoms with van der Waals surface area (Å²) in [4.78, 5) is 3.91. The van der Waals surface area contributed by atoms with Gasteiger partial charge in [-0.1, -0.05) is 12.1 Å². The van der Waals surface area contributed by atoms with Gasteiger partial charge in [0, 0.05) is 17.6 Å². The molecule has 2 aromatic rings. The van der Waals surface area contributed by atoms with E-state index in [1.807, 2.05) is 0 Å². The number of rotatable bonds is 2. The third kappa shape index (κ3) is 2.76. The molecule has 0 radical (unpaired) electrons. The quantitative estimate of drug-likeness (QED) is 0.863. The molecule has 0 spiro atoms. The van der Waals surface area contributed by atoms with Gasteiger partial charge in [0.1, 0.15) is 5.82 Å². The minimum Gasteiger partial charge on any atom is -0.309 e. The fourth-order valence-corrected chi connectivity index (χ4v) is 2.98. The molecule has 21 heavy (non-hydrogen) atoms. The van der Waals surface area contributed by atoms with Crippen molar-refractivity contribution in [1.29, 1.82) is 0 Å². The second kappa shape index (κ2) is 5.10. The van der Waals surface area contributed by atoms with E-state index in [1.165, 1.54) is 18.3 Å². The largest absolute Gasteiger partial charge is 0.443 e. The number of benzene rings is 1. The Morgan fingerprint density at radius 2 is 1.90 bits per heavy atom. The first-order valence-corrected chi connectivity index (χ1v) is 6.86. The molecule has 1 N–H and O–H groups in total. The molecule has 1 unspecified atom stereocenters. The summed E-state index contributed by atoms with van der Waals surface area (Å²) in [5, 5.41) is 3.23. The lowest BCUT2D eigenvalue weighted by Crippen LogP contribution is -2.13. The second-order valence-corrected chi connectivity index (χ2v) is 5.55. The Bertz CT molecular complexity index is 675. The predicted octanol–water partition coefficient (Wildman–Crippen LogP) is 3.39. The highest BCUT2D eigenvalue weighted by atomic mass is 32.1. The van der Waals surface area contributed by atoms with Gasteiger partial charge in [0.05, 0.1) is 11.6 Å². The molecule has 1 aliphatic heterocycles. The number of aromatic nitrogens is 1. The van der Waals surface area contributed by atoms with Crippen molar-refractivity contribution in [2.75, 3.05) is 6.54 Å². The first-order valence-electron chi connectivity index (χ1n) is 6.04. The molecule has 0 bridgehead atoms. The van der Waals surface area contributed by atoms with E-state index in [9.17, 15) is 17.6 Å². The predicted molar refractivity (Wildman–Crippen MR) is 70.8 cm³/mol. The highest BCUT2D eigenvalue weighted by Crippen LogP contribution is 2.36. The van der Waals surface area contributed by atoms with Crippen molar-refractivity contribution in [3.8, 4) is 0 Å². The minimum absolute atomic E-state index is 0.316. The number of nitrogens with zero attached hydrogens (tertiary/aromatic N) is 2. The summed E-state index contributed by atoms with van der Waals surface area (Å²) in [7, 11) is 0. The number of alkyl halides is 3. The van der Waals surface area contributed by atoms with Crippen molar-refractivity contribution < 1.29 is 17.6 Å². The average molecular weight is 315 g/mol. The normalized spacial score (nSPS) is 18.5. The van der Waals surface area contributed by atoms with Gasteiger partial charge < -0.3 is 5.43 Å². The van der Waals surface area contributed by atoms with Crippen molar-refractivity contribution >= 4 is 17.0 Å². The maximum Gasteiger partial charge on any atom is 0.443 e. The van der Waals surface area contributed by atoms with Crippen LogP contribution in [0.1, 0.15) is 21.4 Å². The highest BCUT2D eigenvalue weighted by Gasteiger charge is 2.36. The molecular formula is C13H9F4N3S. The van der Waals surface area contributed by atoms with E-state index >= 15 is 0 Å². The number of hydrazone groups is 1. The first kappa shape index (κ1) is 14.0. The van der Waals surface area contributed by atoms with Crippen LogP contribution in [0.4, 0.5) is 17.6 Å². The number of thiazole rings is 1. The van der Waals surface area contributed by atoms with E-state index in [1.54, 1.807) is 12.1 Å². The van der Waals surface area contributed by atoms with E-state index in [0.29, 0.717) is 34.0 Å². The van der Waals surface area contributed by atoms with E-state index in [0.717, 1.165) is 0 Å². The van der Waals surface area contributed by atoms with Crippen LogP contribution in [0.25, 0.3) is 0 Å². The molecule has 1 aliphatic rings. The van der Waals surface area contributed by atoms with Gasteiger partial charge in [0.25, 0.3) is 0 Å². The zero-order valence-corrected chi connectivity index (χ0v) is 11.3. The van der Waals surface area contributed by atoms with Crippen molar-refractivity contribution in [3.63, 3.8) is 0 Å². The molecule has 3 nitrogen and oxygen atoms in total. The lowest BCUT2D eigenvalue weighted by Gasteiger charge is -2.09. The van der Waals surface area contributed by atoms with Crippen LogP contribution in [0.3, 0.4) is 0 Å². The van der Waals surface area contributed by atoms with E-state index in [4.69, 9.17) is 0 Å². The number of hydrogen-bond donors (Lipinski definition) is 1. The highest BCUT2D eigenvalue weighted by molar-refractivity contribution is 7.12. The van der Waals surface area contributed by atoms with Crippen LogP contribution in [0, 0.1) is 5.82 Å². The SMILES string of the molecule is Fc1ccc(C2=NNCC2c2cnc(C(F)(F)F)s2)cc1. The molecule has 1 aromatic carbocycles. The summed E-state index contributed by atoms with van der Waals surface area (Å²) in [5.41, 5.74) is 4.04. The van der Waals surface area contributed by atoms with Gasteiger partial charge in [-0.25, -0.2) is 9.37 Å². The summed E-state index contributed by atoms with van der Waals surface area (Å²) >= 11 is 0.608. The van der Waals surface area contributed by atoms with Crippen molar-refractivity contribution in [2.45, 2.75) is 12.1 Å². The van der Waals surface area contributed by atoms with Gasteiger partial charge in [-0.2, -0.15) is 18.3 Å². The Balaban J connectivity index is 1.90. The molecule has 0 saturated heterocycles. The Morgan fingerprint density at radius 3 is 2.52 bits per heavy atom. The Hall–Kier alpha value is -1.96. The van der Waals surface area contributed by atoms with Crippen molar-refractivity contribution in [1.82, 2.24) is 10.4 Å². The second-order valence-electron chi connectivity index (χ2n) is 4.48. The molecular weight excluding hydrogens is 306 g/mol. The van der Waals surface area contributed by atoms with Crippen LogP contribution in [-0.2, 0) is 6.18 Å². The summed E-state index contributed by atoms with van der Waals surface area (Å²) < 4.78 is 50.8. The minimum atomic E-state index is -4.44. The zero-order valence-electron chi connectivity index (χ0n) is 10.5. The standard InChI is InChI=1S/C13H9F4N3S/c14-8-3-1-7(2-4-8)11-9(5-19-20-11)10-6-18-12(21-10)13(15,16)17/h1-4,6,9,19H,5H2. The molecule has 0 fully saturated rings. The molecule has 8 heteroatoms. The number of nitrogens with one attached hydrogen (secondary N) is 1. The summed E-state index contributed by atoms with van der Waals surface area (Å²) in [5.74, 6) is -0.692. The van der Waals surface area contributed by atoms with Crippen LogP contribution < -0.4 is 5.43 Å². The Labute approximate surface area is 121 Å². The van der Waals surface area contributed by atoms with Gasteiger partial charge >= 0.3 is 6.18 Å². The molecule has 3 rings (SSSR count). The van der Waals surface area contributed by atoms with Crippen LogP contribution in [-0.4, -0.2) is 17.2 Å². The van der Waals surface area contributed by atoms with Crippen LogP contribution >= 0.6 is 11.3 Å². The van der Waals surface area contributed by atoms with Gasteiger partial charge in [0.15, 0.2) is 5.01 Å². The van der Waals surface area contributed by atoms with Crippen LogP contribution in [0.5, 0.6) is 0 Å². The van der Waals surface area contributed by atoms with E-state index < -0.39 is 11.2 Å². The summed E-state index contributed by atoms with van der Waals surface area (Å²) in [6.45, 7) is 0.395. The monoisotopic (exact) mass is 315 g/mol. The van der Waals surface area contributed by atoms with E-state index in [-0.39, 0.29) is 11.7 Å². The van der Waals surface area contributed by atoms with Crippen molar-refractivity contribution in [3.05, 3.63) is 51.7 Å². The first-order chi connectivity index (χ1) is 9.95. The van der Waals surface area contributed by atoms with Gasteiger partial charge in [-0.3, -0.25) is 0 Å². The lowest BCUT2D eigenvalue weighted by atomic mass is 9.97. The van der Waals surface area contributed by atoms with E-state index in [2.05, 4.69) is 15.5 Å². The Kier molecular flexibility index (Phi) is 3.40. The van der Waals surface area contributed by atoms with Gasteiger partial charge in [-0.15, -0.1) is 11.3 Å². The topological polar surface area (TPSA) is 37.3 Å². The fourth-order valence-electron chi connectivity index (χ4n) is 2.10. The molecule has 1 atom stereocenters. The van der Waals surface area contributed by atoms with Gasteiger partial charge in [-0.05, 0) is 17.7 Å². The van der Waals surface area contributed by atoms with Crippen molar-refractivity contribution in [2.24, 2.45) is 5.10 Å². The van der Waals surface area contributed by atoms with Crippen LogP contribution in [0.15, 0.2) is 35.6 Å². The molecule has 0 saturated carbocycles. The van der Waals surface area contributed by atoms with Gasteiger partial charge in [0.2, 0.25) is 0 Å². The smallest absolute Gasteiger partial charge is 0.309 e. The third-order valence-corrected chi connectivity index (χ3v) is 4.23. The maximum atomic E-state index is 12.9. The van der Waals surface area contributed by atoms with Crippen LogP contribution in [0.2, 0.25) is 0 Å². The summed E-state index contributed by atoms with van der Waals surface area (Å²) in [6, 6.07) is 5.70. The molecule has 110 valence electrons. The third-order valence-electron chi connectivity index (χ3n) is 3.07. The average Bonchev–Trinajstić information content (AvgIpc) is 3.07. The lowest BCUT2D eigenvalue weighted by molar-refractivity contribution is -0.137. The molecule has 1 aromatic heterocycles. The zero-order chi connectivity index (χ0) is 15.0. The molecule has 0 aliphatic carbocycles.